The molecule has 2 unspecified atom stereocenters. The standard InChI is InChI=1S/C18H18N2O3/c19-17(21)11-23-14-8-4-7-13(9-14)18(22)20-16-10-15(16)12-5-2-1-3-6-12/h1-9,15-16H,10-11H2,(H2,19,21)(H,20,22). The number of amides is 2. The zero-order valence-electron chi connectivity index (χ0n) is 12.6. The summed E-state index contributed by atoms with van der Waals surface area (Å²) < 4.78 is 5.21. The third kappa shape index (κ3) is 3.88. The van der Waals surface area contributed by atoms with Gasteiger partial charge < -0.3 is 15.8 Å². The first-order valence-corrected chi connectivity index (χ1v) is 7.50. The summed E-state index contributed by atoms with van der Waals surface area (Å²) in [6, 6.07) is 17.0. The highest BCUT2D eigenvalue weighted by Gasteiger charge is 2.39. The molecule has 0 aliphatic heterocycles. The number of nitrogens with two attached hydrogens (primary N) is 1. The second-order valence-electron chi connectivity index (χ2n) is 5.62. The fourth-order valence-corrected chi connectivity index (χ4v) is 2.56. The molecule has 3 rings (SSSR count). The van der Waals surface area contributed by atoms with Gasteiger partial charge in [-0.1, -0.05) is 36.4 Å². The molecule has 1 aliphatic carbocycles. The SMILES string of the molecule is NC(=O)COc1cccc(C(=O)NC2CC2c2ccccc2)c1. The summed E-state index contributed by atoms with van der Waals surface area (Å²) in [5.74, 6) is 0.141. The van der Waals surface area contributed by atoms with E-state index in [1.807, 2.05) is 18.2 Å². The lowest BCUT2D eigenvalue weighted by atomic mass is 10.1. The molecule has 23 heavy (non-hydrogen) atoms. The average Bonchev–Trinajstić information content (AvgIpc) is 3.33. The van der Waals surface area contributed by atoms with Crippen LogP contribution in [-0.2, 0) is 4.79 Å². The molecule has 1 aliphatic rings. The average molecular weight is 310 g/mol. The monoisotopic (exact) mass is 310 g/mol. The van der Waals surface area contributed by atoms with Gasteiger partial charge in [0.15, 0.2) is 6.61 Å². The van der Waals surface area contributed by atoms with Crippen LogP contribution in [0.5, 0.6) is 5.75 Å². The van der Waals surface area contributed by atoms with Crippen LogP contribution in [0.15, 0.2) is 54.6 Å². The molecule has 5 heteroatoms. The Labute approximate surface area is 134 Å². The van der Waals surface area contributed by atoms with Crippen LogP contribution in [0.25, 0.3) is 0 Å². The molecule has 118 valence electrons. The van der Waals surface area contributed by atoms with E-state index in [9.17, 15) is 9.59 Å². The van der Waals surface area contributed by atoms with Gasteiger partial charge in [-0.15, -0.1) is 0 Å². The van der Waals surface area contributed by atoms with Crippen molar-refractivity contribution in [3.63, 3.8) is 0 Å². The van der Waals surface area contributed by atoms with E-state index in [2.05, 4.69) is 17.4 Å². The number of carbonyl (C=O) groups is 2. The molecule has 1 fully saturated rings. The van der Waals surface area contributed by atoms with Gasteiger partial charge in [-0.05, 0) is 30.2 Å². The molecule has 0 spiro atoms. The van der Waals surface area contributed by atoms with Crippen LogP contribution >= 0.6 is 0 Å². The second-order valence-corrected chi connectivity index (χ2v) is 5.62. The molecule has 0 aromatic heterocycles. The Balaban J connectivity index is 1.59. The maximum Gasteiger partial charge on any atom is 0.255 e. The van der Waals surface area contributed by atoms with Crippen LogP contribution in [-0.4, -0.2) is 24.5 Å². The molecule has 0 heterocycles. The van der Waals surface area contributed by atoms with Crippen molar-refractivity contribution in [1.29, 1.82) is 0 Å². The van der Waals surface area contributed by atoms with Gasteiger partial charge in [0.2, 0.25) is 0 Å². The first-order chi connectivity index (χ1) is 11.1. The second kappa shape index (κ2) is 6.52. The fraction of sp³-hybridized carbons (Fsp3) is 0.222. The van der Waals surface area contributed by atoms with Crippen molar-refractivity contribution in [2.45, 2.75) is 18.4 Å². The van der Waals surface area contributed by atoms with Crippen molar-refractivity contribution in [1.82, 2.24) is 5.32 Å². The first kappa shape index (κ1) is 15.1. The quantitative estimate of drug-likeness (QED) is 0.854. The lowest BCUT2D eigenvalue weighted by Crippen LogP contribution is -2.26. The number of rotatable bonds is 6. The van der Waals surface area contributed by atoms with Gasteiger partial charge in [-0.25, -0.2) is 0 Å². The summed E-state index contributed by atoms with van der Waals surface area (Å²) in [6.45, 7) is -0.205. The van der Waals surface area contributed by atoms with Crippen molar-refractivity contribution in [2.24, 2.45) is 5.73 Å². The number of hydrogen-bond donors (Lipinski definition) is 2. The third-order valence-electron chi connectivity index (χ3n) is 3.81. The van der Waals surface area contributed by atoms with Crippen LogP contribution in [0.1, 0.15) is 28.3 Å². The van der Waals surface area contributed by atoms with Crippen LogP contribution in [0.2, 0.25) is 0 Å². The lowest BCUT2D eigenvalue weighted by Gasteiger charge is -2.08. The zero-order valence-corrected chi connectivity index (χ0v) is 12.6. The summed E-state index contributed by atoms with van der Waals surface area (Å²) in [7, 11) is 0. The molecular formula is C18H18N2O3. The van der Waals surface area contributed by atoms with E-state index < -0.39 is 5.91 Å². The predicted octanol–water partition coefficient (Wildman–Crippen LogP) is 1.84. The third-order valence-corrected chi connectivity index (χ3v) is 3.81. The molecule has 3 N–H and O–H groups in total. The Kier molecular flexibility index (Phi) is 4.28. The molecular weight excluding hydrogens is 292 g/mol. The van der Waals surface area contributed by atoms with Gasteiger partial charge in [-0.3, -0.25) is 9.59 Å². The smallest absolute Gasteiger partial charge is 0.255 e. The minimum Gasteiger partial charge on any atom is -0.484 e. The molecule has 2 atom stereocenters. The summed E-state index contributed by atoms with van der Waals surface area (Å²) in [5, 5.41) is 3.02. The predicted molar refractivity (Wildman–Crippen MR) is 86.2 cm³/mol. The highest BCUT2D eigenvalue weighted by molar-refractivity contribution is 5.95. The number of carbonyl (C=O) groups excluding carboxylic acids is 2. The van der Waals surface area contributed by atoms with Crippen molar-refractivity contribution in [3.8, 4) is 5.75 Å². The summed E-state index contributed by atoms with van der Waals surface area (Å²) >= 11 is 0. The Morgan fingerprint density at radius 3 is 2.65 bits per heavy atom. The van der Waals surface area contributed by atoms with Crippen molar-refractivity contribution in [2.75, 3.05) is 6.61 Å². The van der Waals surface area contributed by atoms with E-state index >= 15 is 0 Å². The van der Waals surface area contributed by atoms with Gasteiger partial charge in [0.05, 0.1) is 0 Å². The van der Waals surface area contributed by atoms with E-state index in [4.69, 9.17) is 10.5 Å². The van der Waals surface area contributed by atoms with Crippen LogP contribution in [0.4, 0.5) is 0 Å². The van der Waals surface area contributed by atoms with Crippen LogP contribution < -0.4 is 15.8 Å². The van der Waals surface area contributed by atoms with Gasteiger partial charge in [0.25, 0.3) is 11.8 Å². The Bertz CT molecular complexity index is 715. The normalized spacial score (nSPS) is 19.0. The minimum atomic E-state index is -0.552. The van der Waals surface area contributed by atoms with Crippen LogP contribution in [0.3, 0.4) is 0 Å². The molecule has 2 aromatic rings. The number of ether oxygens (including phenoxy) is 1. The largest absolute Gasteiger partial charge is 0.484 e. The van der Waals surface area contributed by atoms with Crippen molar-refractivity contribution in [3.05, 3.63) is 65.7 Å². The number of hydrogen-bond acceptors (Lipinski definition) is 3. The zero-order chi connectivity index (χ0) is 16.2. The summed E-state index contributed by atoms with van der Waals surface area (Å²) in [5.41, 5.74) is 6.79. The fourth-order valence-electron chi connectivity index (χ4n) is 2.56. The molecule has 2 amide bonds. The number of benzene rings is 2. The molecule has 1 saturated carbocycles. The van der Waals surface area contributed by atoms with Gasteiger partial charge in [-0.2, -0.15) is 0 Å². The van der Waals surface area contributed by atoms with Crippen LogP contribution in [0, 0.1) is 0 Å². The molecule has 0 radical (unpaired) electrons. The number of nitrogens with one attached hydrogen (secondary N) is 1. The summed E-state index contributed by atoms with van der Waals surface area (Å²) in [6.07, 6.45) is 0.952. The Hall–Kier alpha value is -2.82. The van der Waals surface area contributed by atoms with E-state index in [-0.39, 0.29) is 18.6 Å². The molecule has 5 nitrogen and oxygen atoms in total. The highest BCUT2D eigenvalue weighted by Crippen LogP contribution is 2.40. The summed E-state index contributed by atoms with van der Waals surface area (Å²) in [4.78, 5) is 23.0. The minimum absolute atomic E-state index is 0.141. The topological polar surface area (TPSA) is 81.4 Å². The lowest BCUT2D eigenvalue weighted by molar-refractivity contribution is -0.119. The van der Waals surface area contributed by atoms with Crippen molar-refractivity contribution < 1.29 is 14.3 Å². The van der Waals surface area contributed by atoms with E-state index in [1.54, 1.807) is 24.3 Å². The van der Waals surface area contributed by atoms with Crippen molar-refractivity contribution >= 4 is 11.8 Å². The van der Waals surface area contributed by atoms with Gasteiger partial charge >= 0.3 is 0 Å². The molecule has 2 aromatic carbocycles. The van der Waals surface area contributed by atoms with Gasteiger partial charge in [0.1, 0.15) is 5.75 Å². The van der Waals surface area contributed by atoms with E-state index in [0.717, 1.165) is 6.42 Å². The first-order valence-electron chi connectivity index (χ1n) is 7.50. The Morgan fingerprint density at radius 2 is 1.91 bits per heavy atom. The van der Waals surface area contributed by atoms with Gasteiger partial charge in [0, 0.05) is 17.5 Å². The van der Waals surface area contributed by atoms with E-state index in [0.29, 0.717) is 17.2 Å². The maximum atomic E-state index is 12.3. The molecule has 0 bridgehead atoms. The maximum absolute atomic E-state index is 12.3. The highest BCUT2D eigenvalue weighted by atomic mass is 16.5. The molecule has 0 saturated heterocycles. The Morgan fingerprint density at radius 1 is 1.13 bits per heavy atom. The number of primary amides is 1. The van der Waals surface area contributed by atoms with E-state index in [1.165, 1.54) is 5.56 Å².